The van der Waals surface area contributed by atoms with Gasteiger partial charge in [0.2, 0.25) is 0 Å². The quantitative estimate of drug-likeness (QED) is 0.255. The van der Waals surface area contributed by atoms with E-state index in [1.807, 2.05) is 109 Å². The Bertz CT molecular complexity index is 1240. The van der Waals surface area contributed by atoms with E-state index in [9.17, 15) is 0 Å². The molecule has 0 aliphatic carbocycles. The fourth-order valence-electron chi connectivity index (χ4n) is 3.67. The van der Waals surface area contributed by atoms with Crippen LogP contribution in [0.4, 0.5) is 0 Å². The molecule has 0 saturated heterocycles. The molecule has 0 fully saturated rings. The largest absolute Gasteiger partial charge is 0.383 e. The van der Waals surface area contributed by atoms with Crippen molar-refractivity contribution in [3.63, 3.8) is 0 Å². The molecule has 1 unspecified atom stereocenters. The molecule has 0 saturated carbocycles. The van der Waals surface area contributed by atoms with Crippen LogP contribution in [0.1, 0.15) is 34.0 Å². The van der Waals surface area contributed by atoms with E-state index >= 15 is 0 Å². The number of benzene rings is 4. The number of hydrogen-bond acceptors (Lipinski definition) is 3. The lowest BCUT2D eigenvalue weighted by Crippen LogP contribution is -2.25. The van der Waals surface area contributed by atoms with Crippen molar-refractivity contribution in [2.45, 2.75) is 19.3 Å². The maximum atomic E-state index is 6.39. The summed E-state index contributed by atoms with van der Waals surface area (Å²) < 4.78 is 0. The molecule has 0 spiro atoms. The van der Waals surface area contributed by atoms with E-state index in [0.717, 1.165) is 27.8 Å². The second-order valence-corrected chi connectivity index (χ2v) is 7.92. The van der Waals surface area contributed by atoms with Crippen LogP contribution in [0.25, 0.3) is 0 Å². The Morgan fingerprint density at radius 1 is 0.676 bits per heavy atom. The van der Waals surface area contributed by atoms with Crippen LogP contribution in [0.3, 0.4) is 0 Å². The van der Waals surface area contributed by atoms with Gasteiger partial charge in [0.1, 0.15) is 17.8 Å². The van der Waals surface area contributed by atoms with Crippen LogP contribution in [-0.4, -0.2) is 11.7 Å². The fraction of sp³-hybridized carbons (Fsp3) is 0.103. The predicted molar refractivity (Wildman–Crippen MR) is 141 cm³/mol. The minimum absolute atomic E-state index is 0.308. The Balaban J connectivity index is 1.55. The van der Waals surface area contributed by atoms with Gasteiger partial charge < -0.3 is 11.5 Å². The number of nitrogens with one attached hydrogen (secondary N) is 1. The first-order valence-corrected chi connectivity index (χ1v) is 11.3. The molecule has 5 nitrogen and oxygen atoms in total. The van der Waals surface area contributed by atoms with Crippen LogP contribution in [0.15, 0.2) is 125 Å². The summed E-state index contributed by atoms with van der Waals surface area (Å²) in [6.07, 6.45) is -0.308. The molecular formula is C29H29N5. The standard InChI is InChI=1S/C29H29N5/c30-27(23-14-6-2-7-15-23)34-29(24-16-8-3-9-17-24)33-21-25-18-10-11-19-26(25)28(31)32-20-22-12-4-1-5-13-22/h1-19,29,33H,20-21H2,(H2,30,34)(H2,31,32). The molecule has 0 heterocycles. The van der Waals surface area contributed by atoms with Gasteiger partial charge in [0, 0.05) is 17.7 Å². The van der Waals surface area contributed by atoms with Crippen molar-refractivity contribution < 1.29 is 0 Å². The molecule has 0 aliphatic rings. The van der Waals surface area contributed by atoms with Gasteiger partial charge in [0.15, 0.2) is 0 Å². The highest BCUT2D eigenvalue weighted by Crippen LogP contribution is 2.18. The van der Waals surface area contributed by atoms with E-state index in [0.29, 0.717) is 24.8 Å². The SMILES string of the molecule is NC(=NCc1ccccc1)c1ccccc1CNC(/N=C(\N)c1ccccc1)c1ccccc1. The average Bonchev–Trinajstić information content (AvgIpc) is 2.91. The maximum absolute atomic E-state index is 6.39. The van der Waals surface area contributed by atoms with Crippen molar-refractivity contribution in [2.24, 2.45) is 21.5 Å². The number of nitrogens with zero attached hydrogens (tertiary/aromatic N) is 2. The van der Waals surface area contributed by atoms with E-state index < -0.39 is 0 Å². The van der Waals surface area contributed by atoms with Crippen LogP contribution >= 0.6 is 0 Å². The molecule has 34 heavy (non-hydrogen) atoms. The Hall–Kier alpha value is -4.22. The second-order valence-electron chi connectivity index (χ2n) is 7.92. The molecule has 170 valence electrons. The highest BCUT2D eigenvalue weighted by molar-refractivity contribution is 5.99. The van der Waals surface area contributed by atoms with Crippen LogP contribution in [-0.2, 0) is 13.1 Å². The first kappa shape index (κ1) is 23.0. The molecular weight excluding hydrogens is 418 g/mol. The van der Waals surface area contributed by atoms with Crippen LogP contribution < -0.4 is 16.8 Å². The molecule has 0 bridgehead atoms. The lowest BCUT2D eigenvalue weighted by Gasteiger charge is -2.18. The van der Waals surface area contributed by atoms with Gasteiger partial charge in [0.25, 0.3) is 0 Å². The van der Waals surface area contributed by atoms with E-state index in [1.165, 1.54) is 0 Å². The third kappa shape index (κ3) is 6.18. The van der Waals surface area contributed by atoms with Crippen molar-refractivity contribution in [1.29, 1.82) is 0 Å². The van der Waals surface area contributed by atoms with Crippen LogP contribution in [0.5, 0.6) is 0 Å². The highest BCUT2D eigenvalue weighted by atomic mass is 15.1. The molecule has 1 atom stereocenters. The summed E-state index contributed by atoms with van der Waals surface area (Å²) in [5.74, 6) is 1.00. The molecule has 0 radical (unpaired) electrons. The Morgan fingerprint density at radius 2 is 1.26 bits per heavy atom. The van der Waals surface area contributed by atoms with E-state index in [-0.39, 0.29) is 6.17 Å². The summed E-state index contributed by atoms with van der Waals surface area (Å²) in [6.45, 7) is 1.10. The minimum atomic E-state index is -0.308. The third-order valence-electron chi connectivity index (χ3n) is 5.51. The van der Waals surface area contributed by atoms with E-state index in [4.69, 9.17) is 16.5 Å². The Labute approximate surface area is 200 Å². The number of hydrogen-bond donors (Lipinski definition) is 3. The third-order valence-corrected chi connectivity index (χ3v) is 5.51. The van der Waals surface area contributed by atoms with Crippen molar-refractivity contribution in [1.82, 2.24) is 5.32 Å². The van der Waals surface area contributed by atoms with Gasteiger partial charge in [-0.3, -0.25) is 10.3 Å². The average molecular weight is 448 g/mol. The van der Waals surface area contributed by atoms with Gasteiger partial charge in [-0.2, -0.15) is 0 Å². The van der Waals surface area contributed by atoms with Crippen molar-refractivity contribution in [2.75, 3.05) is 0 Å². The molecule has 0 amide bonds. The molecule has 5 heteroatoms. The summed E-state index contributed by atoms with van der Waals surface area (Å²) in [6, 6.07) is 38.0. The molecule has 4 rings (SSSR count). The van der Waals surface area contributed by atoms with E-state index in [1.54, 1.807) is 0 Å². The number of amidine groups is 2. The van der Waals surface area contributed by atoms with E-state index in [2.05, 4.69) is 16.4 Å². The maximum Gasteiger partial charge on any atom is 0.128 e. The smallest absolute Gasteiger partial charge is 0.128 e. The Morgan fingerprint density at radius 3 is 1.97 bits per heavy atom. The van der Waals surface area contributed by atoms with Gasteiger partial charge in [-0.25, -0.2) is 4.99 Å². The second kappa shape index (κ2) is 11.6. The summed E-state index contributed by atoms with van der Waals surface area (Å²) in [5, 5.41) is 3.54. The first-order valence-electron chi connectivity index (χ1n) is 11.3. The predicted octanol–water partition coefficient (Wildman–Crippen LogP) is 4.79. The van der Waals surface area contributed by atoms with Gasteiger partial charge >= 0.3 is 0 Å². The number of rotatable bonds is 9. The monoisotopic (exact) mass is 447 g/mol. The normalized spacial score (nSPS) is 12.9. The molecule has 4 aromatic rings. The van der Waals surface area contributed by atoms with Gasteiger partial charge in [0.05, 0.1) is 6.54 Å². The first-order chi connectivity index (χ1) is 16.7. The van der Waals surface area contributed by atoms with Gasteiger partial charge in [-0.1, -0.05) is 115 Å². The minimum Gasteiger partial charge on any atom is -0.383 e. The fourth-order valence-corrected chi connectivity index (χ4v) is 3.67. The van der Waals surface area contributed by atoms with Crippen LogP contribution in [0, 0.1) is 0 Å². The summed E-state index contributed by atoms with van der Waals surface area (Å²) in [4.78, 5) is 9.42. The molecule has 0 aliphatic heterocycles. The topological polar surface area (TPSA) is 88.8 Å². The zero-order valence-corrected chi connectivity index (χ0v) is 19.0. The zero-order chi connectivity index (χ0) is 23.6. The number of aliphatic imine (C=N–C) groups is 2. The van der Waals surface area contributed by atoms with Gasteiger partial charge in [-0.05, 0) is 16.7 Å². The summed E-state index contributed by atoms with van der Waals surface area (Å²) >= 11 is 0. The highest BCUT2D eigenvalue weighted by Gasteiger charge is 2.13. The lowest BCUT2D eigenvalue weighted by atomic mass is 10.1. The zero-order valence-electron chi connectivity index (χ0n) is 19.0. The molecule has 0 aromatic heterocycles. The molecule has 5 N–H and O–H groups in total. The Kier molecular flexibility index (Phi) is 7.82. The van der Waals surface area contributed by atoms with Crippen molar-refractivity contribution in [3.8, 4) is 0 Å². The summed E-state index contributed by atoms with van der Waals surface area (Å²) in [5.41, 5.74) is 17.7. The summed E-state index contributed by atoms with van der Waals surface area (Å²) in [7, 11) is 0. The lowest BCUT2D eigenvalue weighted by molar-refractivity contribution is 0.554. The molecule has 4 aromatic carbocycles. The van der Waals surface area contributed by atoms with Crippen molar-refractivity contribution >= 4 is 11.7 Å². The van der Waals surface area contributed by atoms with Crippen LogP contribution in [0.2, 0.25) is 0 Å². The number of nitrogens with two attached hydrogens (primary N) is 2. The van der Waals surface area contributed by atoms with Gasteiger partial charge in [-0.15, -0.1) is 0 Å². The van der Waals surface area contributed by atoms with Crippen molar-refractivity contribution in [3.05, 3.63) is 143 Å².